The van der Waals surface area contributed by atoms with Crippen LogP contribution >= 0.6 is 0 Å². The minimum Gasteiger partial charge on any atom is -0.382 e. The van der Waals surface area contributed by atoms with Gasteiger partial charge in [-0.3, -0.25) is 4.79 Å². The summed E-state index contributed by atoms with van der Waals surface area (Å²) in [5, 5.41) is 2.87. The molecular weight excluding hydrogens is 206 g/mol. The van der Waals surface area contributed by atoms with E-state index >= 15 is 0 Å². The van der Waals surface area contributed by atoms with Crippen molar-refractivity contribution >= 4 is 5.91 Å². The third-order valence-corrected chi connectivity index (χ3v) is 2.29. The summed E-state index contributed by atoms with van der Waals surface area (Å²) >= 11 is 0. The van der Waals surface area contributed by atoms with Crippen LogP contribution in [0.2, 0.25) is 0 Å². The minimum atomic E-state index is -0.456. The molecule has 1 amide bonds. The molecular formula is C12H25NO3. The molecule has 0 unspecified atom stereocenters. The first-order valence-corrected chi connectivity index (χ1v) is 5.53. The maximum absolute atomic E-state index is 11.6. The number of hydrogen-bond acceptors (Lipinski definition) is 3. The smallest absolute Gasteiger partial charge is 0.220 e. The molecule has 0 aromatic carbocycles. The van der Waals surface area contributed by atoms with Crippen molar-refractivity contribution in [3.63, 3.8) is 0 Å². The Balaban J connectivity index is 4.07. The molecule has 4 heteroatoms. The Kier molecular flexibility index (Phi) is 5.97. The summed E-state index contributed by atoms with van der Waals surface area (Å²) in [7, 11) is 3.24. The quantitative estimate of drug-likeness (QED) is 0.755. The average molecular weight is 231 g/mol. The third kappa shape index (κ3) is 6.80. The van der Waals surface area contributed by atoms with Crippen molar-refractivity contribution in [1.82, 2.24) is 5.32 Å². The molecule has 0 aromatic rings. The van der Waals surface area contributed by atoms with Crippen LogP contribution in [0, 0.1) is 5.41 Å². The molecule has 0 spiro atoms. The van der Waals surface area contributed by atoms with Gasteiger partial charge >= 0.3 is 0 Å². The summed E-state index contributed by atoms with van der Waals surface area (Å²) in [6, 6.07) is 0. The highest BCUT2D eigenvalue weighted by molar-refractivity contribution is 5.76. The summed E-state index contributed by atoms with van der Waals surface area (Å²) in [4.78, 5) is 11.6. The lowest BCUT2D eigenvalue weighted by Crippen LogP contribution is -2.45. The summed E-state index contributed by atoms with van der Waals surface area (Å²) in [6.07, 6.45) is 0.514. The number of rotatable bonds is 6. The van der Waals surface area contributed by atoms with Gasteiger partial charge in [0.05, 0.1) is 6.61 Å². The zero-order valence-electron chi connectivity index (χ0n) is 11.3. The van der Waals surface area contributed by atoms with Crippen molar-refractivity contribution in [1.29, 1.82) is 0 Å². The summed E-state index contributed by atoms with van der Waals surface area (Å²) in [6.45, 7) is 8.95. The highest BCUT2D eigenvalue weighted by Crippen LogP contribution is 2.18. The van der Waals surface area contributed by atoms with Crippen molar-refractivity contribution in [2.45, 2.75) is 39.7 Å². The highest BCUT2D eigenvalue weighted by atomic mass is 16.5. The molecule has 16 heavy (non-hydrogen) atoms. The van der Waals surface area contributed by atoms with Gasteiger partial charge in [-0.15, -0.1) is 0 Å². The van der Waals surface area contributed by atoms with Crippen LogP contribution < -0.4 is 5.32 Å². The van der Waals surface area contributed by atoms with Crippen LogP contribution in [0.1, 0.15) is 34.1 Å². The molecule has 96 valence electrons. The lowest BCUT2D eigenvalue weighted by Gasteiger charge is -2.28. The van der Waals surface area contributed by atoms with Crippen LogP contribution in [0.4, 0.5) is 0 Å². The largest absolute Gasteiger partial charge is 0.382 e. The lowest BCUT2D eigenvalue weighted by atomic mass is 9.92. The Morgan fingerprint density at radius 1 is 1.19 bits per heavy atom. The van der Waals surface area contributed by atoms with Crippen LogP contribution in [0.15, 0.2) is 0 Å². The van der Waals surface area contributed by atoms with Gasteiger partial charge in [0, 0.05) is 27.2 Å². The van der Waals surface area contributed by atoms with Crippen molar-refractivity contribution in [3.8, 4) is 0 Å². The molecule has 0 bridgehead atoms. The Morgan fingerprint density at radius 2 is 1.75 bits per heavy atom. The standard InChI is InChI=1S/C12H25NO3/c1-11(2,3)7-10(14)13-8-12(4,16-6)9-15-5/h7-9H2,1-6H3,(H,13,14)/t12-/m0/s1. The van der Waals surface area contributed by atoms with Gasteiger partial charge in [-0.1, -0.05) is 20.8 Å². The van der Waals surface area contributed by atoms with E-state index in [0.717, 1.165) is 0 Å². The fraction of sp³-hybridized carbons (Fsp3) is 0.917. The lowest BCUT2D eigenvalue weighted by molar-refractivity contribution is -0.125. The molecule has 0 aromatic heterocycles. The second-order valence-corrected chi connectivity index (χ2v) is 5.60. The highest BCUT2D eigenvalue weighted by Gasteiger charge is 2.25. The first kappa shape index (κ1) is 15.4. The molecule has 0 aliphatic heterocycles. The van der Waals surface area contributed by atoms with Gasteiger partial charge in [-0.05, 0) is 12.3 Å². The van der Waals surface area contributed by atoms with E-state index in [1.165, 1.54) is 0 Å². The fourth-order valence-electron chi connectivity index (χ4n) is 1.32. The van der Waals surface area contributed by atoms with Gasteiger partial charge in [0.2, 0.25) is 5.91 Å². The number of amides is 1. The molecule has 4 nitrogen and oxygen atoms in total. The molecule has 0 aliphatic carbocycles. The molecule has 0 saturated heterocycles. The van der Waals surface area contributed by atoms with E-state index in [2.05, 4.69) is 5.32 Å². The maximum atomic E-state index is 11.6. The third-order valence-electron chi connectivity index (χ3n) is 2.29. The number of nitrogens with one attached hydrogen (secondary N) is 1. The van der Waals surface area contributed by atoms with Crippen LogP contribution in [0.5, 0.6) is 0 Å². The summed E-state index contributed by atoms with van der Waals surface area (Å²) < 4.78 is 10.4. The minimum absolute atomic E-state index is 0.00874. The van der Waals surface area contributed by atoms with Gasteiger partial charge in [-0.25, -0.2) is 0 Å². The van der Waals surface area contributed by atoms with E-state index in [0.29, 0.717) is 19.6 Å². The molecule has 0 radical (unpaired) electrons. The first-order valence-electron chi connectivity index (χ1n) is 5.53. The van der Waals surface area contributed by atoms with Crippen LogP contribution in [0.3, 0.4) is 0 Å². The van der Waals surface area contributed by atoms with Crippen LogP contribution in [-0.2, 0) is 14.3 Å². The predicted octanol–water partition coefficient (Wildman–Crippen LogP) is 1.59. The molecule has 1 N–H and O–H groups in total. The van der Waals surface area contributed by atoms with E-state index in [1.807, 2.05) is 27.7 Å². The topological polar surface area (TPSA) is 47.6 Å². The molecule has 0 heterocycles. The number of methoxy groups -OCH3 is 2. The molecule has 0 aliphatic rings. The monoisotopic (exact) mass is 231 g/mol. The molecule has 0 saturated carbocycles. The SMILES string of the molecule is COC[C@](C)(CNC(=O)CC(C)(C)C)OC. The first-order chi connectivity index (χ1) is 7.22. The fourth-order valence-corrected chi connectivity index (χ4v) is 1.32. The average Bonchev–Trinajstić information content (AvgIpc) is 2.13. The van der Waals surface area contributed by atoms with Crippen molar-refractivity contribution in [2.75, 3.05) is 27.4 Å². The van der Waals surface area contributed by atoms with Crippen LogP contribution in [-0.4, -0.2) is 38.9 Å². The molecule has 0 rings (SSSR count). The van der Waals surface area contributed by atoms with Gasteiger partial charge in [-0.2, -0.15) is 0 Å². The second kappa shape index (κ2) is 6.21. The molecule has 0 fully saturated rings. The van der Waals surface area contributed by atoms with E-state index in [4.69, 9.17) is 9.47 Å². The van der Waals surface area contributed by atoms with E-state index in [9.17, 15) is 4.79 Å². The van der Waals surface area contributed by atoms with E-state index in [-0.39, 0.29) is 11.3 Å². The number of carbonyl (C=O) groups is 1. The van der Waals surface area contributed by atoms with Crippen LogP contribution in [0.25, 0.3) is 0 Å². The maximum Gasteiger partial charge on any atom is 0.220 e. The van der Waals surface area contributed by atoms with Gasteiger partial charge in [0.15, 0.2) is 0 Å². The zero-order valence-corrected chi connectivity index (χ0v) is 11.3. The second-order valence-electron chi connectivity index (χ2n) is 5.60. The van der Waals surface area contributed by atoms with E-state index < -0.39 is 5.60 Å². The van der Waals surface area contributed by atoms with Crippen molar-refractivity contribution in [3.05, 3.63) is 0 Å². The van der Waals surface area contributed by atoms with E-state index in [1.54, 1.807) is 14.2 Å². The Labute approximate surface area is 98.7 Å². The number of ether oxygens (including phenoxy) is 2. The zero-order chi connectivity index (χ0) is 12.8. The Morgan fingerprint density at radius 3 is 2.12 bits per heavy atom. The number of hydrogen-bond donors (Lipinski definition) is 1. The summed E-state index contributed by atoms with van der Waals surface area (Å²) in [5.41, 5.74) is -0.447. The Bertz CT molecular complexity index is 223. The summed E-state index contributed by atoms with van der Waals surface area (Å²) in [5.74, 6) is 0.0480. The normalized spacial score (nSPS) is 15.6. The van der Waals surface area contributed by atoms with Gasteiger partial charge in [0.25, 0.3) is 0 Å². The van der Waals surface area contributed by atoms with Gasteiger partial charge < -0.3 is 14.8 Å². The number of carbonyl (C=O) groups excluding carboxylic acids is 1. The molecule has 1 atom stereocenters. The van der Waals surface area contributed by atoms with Crippen molar-refractivity contribution in [2.24, 2.45) is 5.41 Å². The predicted molar refractivity (Wildman–Crippen MR) is 64.4 cm³/mol. The van der Waals surface area contributed by atoms with Crippen molar-refractivity contribution < 1.29 is 14.3 Å². The van der Waals surface area contributed by atoms with Gasteiger partial charge in [0.1, 0.15) is 5.60 Å². The Hall–Kier alpha value is -0.610.